The molecule has 0 atom stereocenters. The largest absolute Gasteiger partial charge is 0.495 e. The van der Waals surface area contributed by atoms with Gasteiger partial charge in [0.2, 0.25) is 5.91 Å². The Morgan fingerprint density at radius 1 is 1.11 bits per heavy atom. The molecule has 10 heteroatoms. The van der Waals surface area contributed by atoms with Crippen molar-refractivity contribution in [3.63, 3.8) is 0 Å². The van der Waals surface area contributed by atoms with Crippen LogP contribution >= 0.6 is 11.3 Å². The molecule has 2 aromatic rings. The maximum atomic E-state index is 13.6. The van der Waals surface area contributed by atoms with Gasteiger partial charge in [0.05, 0.1) is 18.4 Å². The van der Waals surface area contributed by atoms with Crippen LogP contribution in [0.2, 0.25) is 0 Å². The topological polar surface area (TPSA) is 94.2 Å². The summed E-state index contributed by atoms with van der Waals surface area (Å²) in [6.07, 6.45) is 0.284. The summed E-state index contributed by atoms with van der Waals surface area (Å²) in [7, 11) is 5.48. The van der Waals surface area contributed by atoms with Gasteiger partial charge in [-0.25, -0.2) is 4.79 Å². The van der Waals surface area contributed by atoms with E-state index in [1.54, 1.807) is 23.1 Å². The lowest BCUT2D eigenvalue weighted by atomic mass is 9.94. The van der Waals surface area contributed by atoms with Crippen molar-refractivity contribution in [3.05, 3.63) is 40.8 Å². The predicted molar refractivity (Wildman–Crippen MR) is 144 cm³/mol. The normalized spacial score (nSPS) is 14.6. The second-order valence-electron chi connectivity index (χ2n) is 10.1. The highest BCUT2D eigenvalue weighted by atomic mass is 32.1. The zero-order valence-corrected chi connectivity index (χ0v) is 22.8. The maximum Gasteiger partial charge on any atom is 0.324 e. The van der Waals surface area contributed by atoms with Gasteiger partial charge < -0.3 is 24.8 Å². The lowest BCUT2D eigenvalue weighted by Crippen LogP contribution is -2.39. The molecule has 1 saturated heterocycles. The van der Waals surface area contributed by atoms with E-state index in [4.69, 9.17) is 4.74 Å². The molecule has 1 aliphatic rings. The molecule has 0 bridgehead atoms. The van der Waals surface area contributed by atoms with E-state index in [-0.39, 0.29) is 23.7 Å². The van der Waals surface area contributed by atoms with Crippen LogP contribution in [0, 0.1) is 0 Å². The molecular weight excluding hydrogens is 478 g/mol. The molecule has 4 amide bonds. The van der Waals surface area contributed by atoms with Crippen LogP contribution in [0.1, 0.15) is 42.4 Å². The monoisotopic (exact) mass is 515 g/mol. The Morgan fingerprint density at radius 2 is 1.83 bits per heavy atom. The van der Waals surface area contributed by atoms with Crippen molar-refractivity contribution in [1.29, 1.82) is 0 Å². The van der Waals surface area contributed by atoms with E-state index in [0.29, 0.717) is 48.2 Å². The van der Waals surface area contributed by atoms with Crippen molar-refractivity contribution in [2.75, 3.05) is 64.6 Å². The number of rotatable bonds is 7. The number of likely N-dealkylation sites (N-methyl/N-ethyl adjacent to an activating group) is 1. The van der Waals surface area contributed by atoms with E-state index in [1.807, 2.05) is 36.0 Å². The summed E-state index contributed by atoms with van der Waals surface area (Å²) >= 11 is 1.39. The molecule has 2 N–H and O–H groups in total. The number of anilines is 2. The number of carbonyl (C=O) groups excluding carboxylic acids is 3. The van der Waals surface area contributed by atoms with Crippen LogP contribution in [0.4, 0.5) is 15.5 Å². The number of benzene rings is 1. The fraction of sp³-hybridized carbons (Fsp3) is 0.500. The first-order valence-corrected chi connectivity index (χ1v) is 12.9. The molecule has 0 saturated carbocycles. The molecule has 2 heterocycles. The molecule has 0 spiro atoms. The summed E-state index contributed by atoms with van der Waals surface area (Å²) in [4.78, 5) is 45.7. The number of hydrogen-bond acceptors (Lipinski definition) is 6. The highest BCUT2D eigenvalue weighted by molar-refractivity contribution is 7.16. The van der Waals surface area contributed by atoms with Crippen molar-refractivity contribution in [2.45, 2.75) is 32.6 Å². The number of nitrogens with one attached hydrogen (secondary N) is 2. The Kier molecular flexibility index (Phi) is 8.97. The van der Waals surface area contributed by atoms with Gasteiger partial charge in [-0.15, -0.1) is 11.3 Å². The second kappa shape index (κ2) is 11.7. The fourth-order valence-corrected chi connectivity index (χ4v) is 4.92. The first kappa shape index (κ1) is 27.5. The second-order valence-corrected chi connectivity index (χ2v) is 11.2. The minimum Gasteiger partial charge on any atom is -0.495 e. The molecule has 9 nitrogen and oxygen atoms in total. The first-order valence-electron chi connectivity index (χ1n) is 12.1. The van der Waals surface area contributed by atoms with Gasteiger partial charge in [0.15, 0.2) is 0 Å². The number of thiophene rings is 1. The summed E-state index contributed by atoms with van der Waals surface area (Å²) in [5.74, 6) is 0.414. The van der Waals surface area contributed by atoms with E-state index in [0.717, 1.165) is 11.4 Å². The van der Waals surface area contributed by atoms with Crippen LogP contribution in [0.5, 0.6) is 5.75 Å². The summed E-state index contributed by atoms with van der Waals surface area (Å²) in [5.41, 5.74) is 0.771. The van der Waals surface area contributed by atoms with E-state index in [2.05, 4.69) is 31.4 Å². The van der Waals surface area contributed by atoms with Gasteiger partial charge in [-0.2, -0.15) is 0 Å². The van der Waals surface area contributed by atoms with Gasteiger partial charge >= 0.3 is 6.03 Å². The third-order valence-corrected chi connectivity index (χ3v) is 7.45. The molecule has 1 aromatic heterocycles. The Bertz CT molecular complexity index is 1090. The standard InChI is InChI=1S/C26H37N5O4S/c1-26(2,3)21-17-18(23(36-21)28-25(34)27-19-9-7-8-10-20(19)35-6)24(33)31-12-11-22(32)30(15-16-31)14-13-29(4)5/h7-10,17H,11-16H2,1-6H3,(H2,27,28,34). The highest BCUT2D eigenvalue weighted by Gasteiger charge is 2.29. The average molecular weight is 516 g/mol. The van der Waals surface area contributed by atoms with Crippen LogP contribution in [0.25, 0.3) is 0 Å². The van der Waals surface area contributed by atoms with E-state index in [9.17, 15) is 14.4 Å². The van der Waals surface area contributed by atoms with Gasteiger partial charge in [0, 0.05) is 44.0 Å². The molecule has 36 heavy (non-hydrogen) atoms. The molecule has 0 radical (unpaired) electrons. The molecule has 196 valence electrons. The smallest absolute Gasteiger partial charge is 0.324 e. The predicted octanol–water partition coefficient (Wildman–Crippen LogP) is 3.93. The van der Waals surface area contributed by atoms with Crippen LogP contribution in [-0.4, -0.2) is 86.5 Å². The third-order valence-electron chi connectivity index (χ3n) is 5.98. The Labute approximate surface area is 217 Å². The average Bonchev–Trinajstić information content (AvgIpc) is 3.15. The Morgan fingerprint density at radius 3 is 2.50 bits per heavy atom. The molecular formula is C26H37N5O4S. The maximum absolute atomic E-state index is 13.6. The summed E-state index contributed by atoms with van der Waals surface area (Å²) in [6.45, 7) is 8.91. The summed E-state index contributed by atoms with van der Waals surface area (Å²) in [6, 6.07) is 8.53. The SMILES string of the molecule is COc1ccccc1NC(=O)Nc1sc(C(C)(C)C)cc1C(=O)N1CCC(=O)N(CCN(C)C)CC1. The van der Waals surface area contributed by atoms with Gasteiger partial charge in [-0.3, -0.25) is 14.9 Å². The third kappa shape index (κ3) is 6.98. The number of amides is 4. The molecule has 0 aliphatic carbocycles. The number of urea groups is 1. The number of nitrogens with zero attached hydrogens (tertiary/aromatic N) is 3. The number of methoxy groups -OCH3 is 1. The van der Waals surface area contributed by atoms with Crippen LogP contribution in [0.15, 0.2) is 30.3 Å². The number of para-hydroxylation sites is 2. The summed E-state index contributed by atoms with van der Waals surface area (Å²) in [5, 5.41) is 6.15. The van der Waals surface area contributed by atoms with Crippen LogP contribution in [0.3, 0.4) is 0 Å². The Hall–Kier alpha value is -3.11. The number of ether oxygens (including phenoxy) is 1. The van der Waals surface area contributed by atoms with Gasteiger partial charge in [0.1, 0.15) is 10.8 Å². The van der Waals surface area contributed by atoms with Crippen molar-refractivity contribution in [2.24, 2.45) is 0 Å². The lowest BCUT2D eigenvalue weighted by Gasteiger charge is -2.23. The molecule has 0 unspecified atom stereocenters. The highest BCUT2D eigenvalue weighted by Crippen LogP contribution is 2.37. The first-order chi connectivity index (χ1) is 17.0. The fourth-order valence-electron chi connectivity index (χ4n) is 3.81. The number of carbonyl (C=O) groups is 3. The summed E-state index contributed by atoms with van der Waals surface area (Å²) < 4.78 is 5.31. The van der Waals surface area contributed by atoms with Crippen molar-refractivity contribution in [3.8, 4) is 5.75 Å². The van der Waals surface area contributed by atoms with Crippen LogP contribution in [-0.2, 0) is 10.2 Å². The van der Waals surface area contributed by atoms with E-state index < -0.39 is 6.03 Å². The minimum absolute atomic E-state index is 0.0578. The Balaban J connectivity index is 1.79. The van der Waals surface area contributed by atoms with Crippen molar-refractivity contribution < 1.29 is 19.1 Å². The number of hydrogen-bond donors (Lipinski definition) is 2. The van der Waals surface area contributed by atoms with E-state index in [1.165, 1.54) is 18.4 Å². The molecule has 1 aromatic carbocycles. The quantitative estimate of drug-likeness (QED) is 0.583. The lowest BCUT2D eigenvalue weighted by molar-refractivity contribution is -0.130. The molecule has 1 aliphatic heterocycles. The molecule has 1 fully saturated rings. The molecule has 3 rings (SSSR count). The van der Waals surface area contributed by atoms with Crippen molar-refractivity contribution in [1.82, 2.24) is 14.7 Å². The zero-order valence-electron chi connectivity index (χ0n) is 22.0. The zero-order chi connectivity index (χ0) is 26.5. The van der Waals surface area contributed by atoms with Gasteiger partial charge in [-0.05, 0) is 37.7 Å². The van der Waals surface area contributed by atoms with E-state index >= 15 is 0 Å². The van der Waals surface area contributed by atoms with Crippen LogP contribution < -0.4 is 15.4 Å². The van der Waals surface area contributed by atoms with Gasteiger partial charge in [-0.1, -0.05) is 32.9 Å². The minimum atomic E-state index is -0.461. The van der Waals surface area contributed by atoms with Gasteiger partial charge in [0.25, 0.3) is 5.91 Å². The van der Waals surface area contributed by atoms with Crippen molar-refractivity contribution >= 4 is 39.9 Å².